The van der Waals surface area contributed by atoms with Crippen LogP contribution in [0.15, 0.2) is 41.8 Å². The number of anilines is 2. The zero-order valence-electron chi connectivity index (χ0n) is 19.5. The van der Waals surface area contributed by atoms with Crippen molar-refractivity contribution in [2.24, 2.45) is 0 Å². The Morgan fingerprint density at radius 3 is 2.38 bits per heavy atom. The van der Waals surface area contributed by atoms with E-state index < -0.39 is 9.84 Å². The number of ether oxygens (including phenoxy) is 2. The van der Waals surface area contributed by atoms with Gasteiger partial charge in [-0.3, -0.25) is 0 Å². The third-order valence-electron chi connectivity index (χ3n) is 4.84. The molecule has 4 aromatic rings. The van der Waals surface area contributed by atoms with Crippen molar-refractivity contribution in [2.45, 2.75) is 26.5 Å². The maximum absolute atomic E-state index is 12.0. The Kier molecular flexibility index (Phi) is 6.99. The largest absolute Gasteiger partial charge is 0.490 e. The highest BCUT2D eigenvalue weighted by Crippen LogP contribution is 2.36. The van der Waals surface area contributed by atoms with Gasteiger partial charge in [-0.2, -0.15) is 0 Å². The van der Waals surface area contributed by atoms with Crippen molar-refractivity contribution in [1.29, 1.82) is 0 Å². The minimum absolute atomic E-state index is 0.204. The smallest absolute Gasteiger partial charge is 0.163 e. The molecular formula is C24H26N4O4S2. The molecule has 8 nitrogen and oxygen atoms in total. The summed E-state index contributed by atoms with van der Waals surface area (Å²) in [6.07, 6.45) is 1.16. The standard InChI is InChI=1S/C24H26N4O4S2/c1-5-31-21-11-18-19(12-22(21)32-6-2)27-23(14-34(4,29)30)28-24(18)26-17-9-7-8-16(10-17)20-13-33-15(3)25-20/h7-13H,5-6,14H2,1-4H3,(H,26,27,28). The lowest BCUT2D eigenvalue weighted by molar-refractivity contribution is 0.288. The zero-order valence-corrected chi connectivity index (χ0v) is 21.1. The molecule has 0 aliphatic heterocycles. The van der Waals surface area contributed by atoms with Crippen molar-refractivity contribution >= 4 is 43.6 Å². The van der Waals surface area contributed by atoms with Crippen LogP contribution < -0.4 is 14.8 Å². The van der Waals surface area contributed by atoms with Crippen molar-refractivity contribution in [2.75, 3.05) is 24.8 Å². The van der Waals surface area contributed by atoms with E-state index in [1.54, 1.807) is 17.4 Å². The zero-order chi connectivity index (χ0) is 24.3. The van der Waals surface area contributed by atoms with E-state index >= 15 is 0 Å². The summed E-state index contributed by atoms with van der Waals surface area (Å²) in [4.78, 5) is 13.6. The van der Waals surface area contributed by atoms with Crippen molar-refractivity contribution in [3.63, 3.8) is 0 Å². The minimum Gasteiger partial charge on any atom is -0.490 e. The second-order valence-corrected chi connectivity index (χ2v) is 10.9. The molecule has 4 rings (SSSR count). The van der Waals surface area contributed by atoms with Crippen LogP contribution in [0.3, 0.4) is 0 Å². The lowest BCUT2D eigenvalue weighted by atomic mass is 10.1. The molecule has 0 aliphatic carbocycles. The summed E-state index contributed by atoms with van der Waals surface area (Å²) in [5.41, 5.74) is 3.23. The Labute approximate surface area is 202 Å². The van der Waals surface area contributed by atoms with Gasteiger partial charge in [0.15, 0.2) is 21.3 Å². The highest BCUT2D eigenvalue weighted by molar-refractivity contribution is 7.89. The molecule has 0 bridgehead atoms. The lowest BCUT2D eigenvalue weighted by Crippen LogP contribution is -2.08. The third kappa shape index (κ3) is 5.63. The number of sulfone groups is 1. The van der Waals surface area contributed by atoms with Crippen molar-refractivity contribution in [3.8, 4) is 22.8 Å². The molecule has 2 aromatic carbocycles. The Hall–Kier alpha value is -3.24. The first-order valence-electron chi connectivity index (χ1n) is 10.8. The number of rotatable bonds is 9. The monoisotopic (exact) mass is 498 g/mol. The second kappa shape index (κ2) is 9.94. The molecule has 0 unspecified atom stereocenters. The molecule has 0 atom stereocenters. The normalized spacial score (nSPS) is 11.5. The fourth-order valence-electron chi connectivity index (χ4n) is 3.50. The Bertz CT molecular complexity index is 1430. The van der Waals surface area contributed by atoms with Gasteiger partial charge in [-0.1, -0.05) is 12.1 Å². The van der Waals surface area contributed by atoms with Crippen LogP contribution in [-0.2, 0) is 15.6 Å². The Morgan fingerprint density at radius 1 is 1.00 bits per heavy atom. The summed E-state index contributed by atoms with van der Waals surface area (Å²) in [5.74, 6) is 1.54. The number of aromatic nitrogens is 3. The number of nitrogens with zero attached hydrogens (tertiary/aromatic N) is 3. The quantitative estimate of drug-likeness (QED) is 0.338. The maximum atomic E-state index is 12.0. The highest BCUT2D eigenvalue weighted by Gasteiger charge is 2.17. The van der Waals surface area contributed by atoms with E-state index in [0.29, 0.717) is 41.4 Å². The van der Waals surface area contributed by atoms with Crippen molar-refractivity contribution in [1.82, 2.24) is 15.0 Å². The Balaban J connectivity index is 1.83. The molecule has 2 heterocycles. The van der Waals surface area contributed by atoms with Gasteiger partial charge in [0.2, 0.25) is 0 Å². The van der Waals surface area contributed by atoms with Crippen molar-refractivity contribution < 1.29 is 17.9 Å². The average molecular weight is 499 g/mol. The summed E-state index contributed by atoms with van der Waals surface area (Å²) < 4.78 is 35.4. The summed E-state index contributed by atoms with van der Waals surface area (Å²) >= 11 is 1.59. The van der Waals surface area contributed by atoms with Crippen LogP contribution in [0.25, 0.3) is 22.2 Å². The molecule has 0 spiro atoms. The number of nitrogens with one attached hydrogen (secondary N) is 1. The third-order valence-corrected chi connectivity index (χ3v) is 6.39. The molecule has 0 aliphatic rings. The Morgan fingerprint density at radius 2 is 1.74 bits per heavy atom. The van der Waals surface area contributed by atoms with Crippen LogP contribution in [0.4, 0.5) is 11.5 Å². The molecule has 0 saturated heterocycles. The summed E-state index contributed by atoms with van der Waals surface area (Å²) in [6.45, 7) is 6.69. The van der Waals surface area contributed by atoms with Gasteiger partial charge in [0.25, 0.3) is 0 Å². The predicted molar refractivity (Wildman–Crippen MR) is 136 cm³/mol. The van der Waals surface area contributed by atoms with Gasteiger partial charge in [-0.15, -0.1) is 11.3 Å². The van der Waals surface area contributed by atoms with Crippen LogP contribution in [0, 0.1) is 6.92 Å². The van der Waals surface area contributed by atoms with Crippen LogP contribution in [-0.4, -0.2) is 42.8 Å². The van der Waals surface area contributed by atoms with Crippen LogP contribution >= 0.6 is 11.3 Å². The molecule has 178 valence electrons. The van der Waals surface area contributed by atoms with E-state index in [0.717, 1.165) is 28.2 Å². The van der Waals surface area contributed by atoms with E-state index in [2.05, 4.69) is 20.3 Å². The van der Waals surface area contributed by atoms with Gasteiger partial charge in [-0.05, 0) is 39.0 Å². The molecule has 0 radical (unpaired) electrons. The van der Waals surface area contributed by atoms with Crippen LogP contribution in [0.5, 0.6) is 11.5 Å². The van der Waals surface area contributed by atoms with E-state index in [4.69, 9.17) is 9.47 Å². The van der Waals surface area contributed by atoms with E-state index in [1.807, 2.05) is 56.5 Å². The number of hydrogen-bond acceptors (Lipinski definition) is 9. The molecule has 10 heteroatoms. The maximum Gasteiger partial charge on any atom is 0.163 e. The number of benzene rings is 2. The number of thiazole rings is 1. The molecule has 1 N–H and O–H groups in total. The van der Waals surface area contributed by atoms with Gasteiger partial charge in [0.05, 0.1) is 29.4 Å². The van der Waals surface area contributed by atoms with Crippen LogP contribution in [0.1, 0.15) is 24.7 Å². The second-order valence-electron chi connectivity index (χ2n) is 7.70. The molecule has 34 heavy (non-hydrogen) atoms. The van der Waals surface area contributed by atoms with E-state index in [-0.39, 0.29) is 11.6 Å². The molecule has 0 saturated carbocycles. The molecule has 2 aromatic heterocycles. The molecule has 0 amide bonds. The van der Waals surface area contributed by atoms with Gasteiger partial charge >= 0.3 is 0 Å². The average Bonchev–Trinajstić information content (AvgIpc) is 3.20. The number of hydrogen-bond donors (Lipinski definition) is 1. The lowest BCUT2D eigenvalue weighted by Gasteiger charge is -2.15. The first-order valence-corrected chi connectivity index (χ1v) is 13.8. The summed E-state index contributed by atoms with van der Waals surface area (Å²) in [5, 5.41) is 7.05. The topological polar surface area (TPSA) is 103 Å². The first kappa shape index (κ1) is 23.9. The summed E-state index contributed by atoms with van der Waals surface area (Å²) in [7, 11) is -3.33. The number of fused-ring (bicyclic) bond motifs is 1. The van der Waals surface area contributed by atoms with Gasteiger partial charge in [0, 0.05) is 34.3 Å². The van der Waals surface area contributed by atoms with Gasteiger partial charge in [-0.25, -0.2) is 23.4 Å². The fraction of sp³-hybridized carbons (Fsp3) is 0.292. The van der Waals surface area contributed by atoms with Crippen molar-refractivity contribution in [3.05, 3.63) is 52.6 Å². The van der Waals surface area contributed by atoms with Crippen LogP contribution in [0.2, 0.25) is 0 Å². The summed E-state index contributed by atoms with van der Waals surface area (Å²) in [6, 6.07) is 11.4. The number of aryl methyl sites for hydroxylation is 1. The minimum atomic E-state index is -3.33. The first-order chi connectivity index (χ1) is 16.3. The fourth-order valence-corrected chi connectivity index (χ4v) is 4.72. The SMILES string of the molecule is CCOc1cc2nc(CS(C)(=O)=O)nc(Nc3cccc(-c4csc(C)n4)c3)c2cc1OCC. The highest BCUT2D eigenvalue weighted by atomic mass is 32.2. The predicted octanol–water partition coefficient (Wildman–Crippen LogP) is 5.15. The molecule has 0 fully saturated rings. The van der Waals surface area contributed by atoms with E-state index in [1.165, 1.54) is 0 Å². The van der Waals surface area contributed by atoms with Gasteiger partial charge < -0.3 is 14.8 Å². The molecular weight excluding hydrogens is 472 g/mol. The van der Waals surface area contributed by atoms with Gasteiger partial charge in [0.1, 0.15) is 17.4 Å². The van der Waals surface area contributed by atoms with E-state index in [9.17, 15) is 8.42 Å².